The van der Waals surface area contributed by atoms with Gasteiger partial charge in [0.25, 0.3) is 0 Å². The number of hydrogen-bond acceptors (Lipinski definition) is 2. The van der Waals surface area contributed by atoms with Gasteiger partial charge in [0.1, 0.15) is 0 Å². The van der Waals surface area contributed by atoms with Crippen LogP contribution in [0, 0.1) is 5.92 Å². The summed E-state index contributed by atoms with van der Waals surface area (Å²) in [6.07, 6.45) is 0.845. The van der Waals surface area contributed by atoms with E-state index in [2.05, 4.69) is 5.32 Å². The maximum Gasteiger partial charge on any atom is 0.223 e. The van der Waals surface area contributed by atoms with E-state index in [-0.39, 0.29) is 17.7 Å². The van der Waals surface area contributed by atoms with Gasteiger partial charge in [-0.15, -0.1) is 0 Å². The smallest absolute Gasteiger partial charge is 0.223 e. The molecule has 5 heteroatoms. The van der Waals surface area contributed by atoms with Crippen molar-refractivity contribution < 1.29 is 4.79 Å². The predicted octanol–water partition coefficient (Wildman–Crippen LogP) is 2.17. The summed E-state index contributed by atoms with van der Waals surface area (Å²) < 4.78 is 0. The monoisotopic (exact) mass is 272 g/mol. The number of halogens is 2. The van der Waals surface area contributed by atoms with Crippen LogP contribution in [0.5, 0.6) is 0 Å². The van der Waals surface area contributed by atoms with E-state index < -0.39 is 0 Å². The van der Waals surface area contributed by atoms with Gasteiger partial charge < -0.3 is 11.1 Å². The van der Waals surface area contributed by atoms with Crippen LogP contribution < -0.4 is 11.1 Å². The molecule has 0 heterocycles. The molecule has 2 atom stereocenters. The number of benzene rings is 1. The number of carbonyl (C=O) groups excluding carboxylic acids is 1. The second kappa shape index (κ2) is 5.25. The van der Waals surface area contributed by atoms with E-state index in [0.717, 1.165) is 12.0 Å². The van der Waals surface area contributed by atoms with Crippen LogP contribution in [0.4, 0.5) is 0 Å². The van der Waals surface area contributed by atoms with Crippen LogP contribution in [0.2, 0.25) is 10.0 Å². The standard InChI is InChI=1S/C12H14Cl2N2O/c13-7-1-2-8(11(14)5-7)9-6-10(9)12(17)16-4-3-15/h1-2,5,9-10H,3-4,6,15H2,(H,16,17). The molecule has 1 aliphatic rings. The highest BCUT2D eigenvalue weighted by Crippen LogP contribution is 2.49. The molecular weight excluding hydrogens is 259 g/mol. The molecule has 2 unspecified atom stereocenters. The zero-order valence-electron chi connectivity index (χ0n) is 9.25. The average molecular weight is 273 g/mol. The van der Waals surface area contributed by atoms with Gasteiger partial charge in [-0.3, -0.25) is 4.79 Å². The molecule has 1 aromatic rings. The number of rotatable bonds is 4. The Hall–Kier alpha value is -0.770. The van der Waals surface area contributed by atoms with Gasteiger partial charge in [-0.1, -0.05) is 29.3 Å². The minimum atomic E-state index is 0.0280. The molecule has 0 bridgehead atoms. The molecule has 0 saturated heterocycles. The molecule has 1 aromatic carbocycles. The van der Waals surface area contributed by atoms with E-state index in [1.807, 2.05) is 6.07 Å². The summed E-state index contributed by atoms with van der Waals surface area (Å²) in [5.74, 6) is 0.309. The quantitative estimate of drug-likeness (QED) is 0.883. The maximum atomic E-state index is 11.7. The van der Waals surface area contributed by atoms with Crippen LogP contribution in [0.1, 0.15) is 17.9 Å². The second-order valence-corrected chi connectivity index (χ2v) is 5.04. The molecule has 1 fully saturated rings. The molecule has 3 N–H and O–H groups in total. The summed E-state index contributed by atoms with van der Waals surface area (Å²) in [6.45, 7) is 0.987. The molecule has 0 aliphatic heterocycles. The molecule has 1 amide bonds. The van der Waals surface area contributed by atoms with Crippen molar-refractivity contribution >= 4 is 29.1 Å². The van der Waals surface area contributed by atoms with Crippen LogP contribution in [-0.4, -0.2) is 19.0 Å². The van der Waals surface area contributed by atoms with Crippen molar-refractivity contribution in [1.82, 2.24) is 5.32 Å². The molecule has 0 radical (unpaired) electrons. The first-order chi connectivity index (χ1) is 8.13. The lowest BCUT2D eigenvalue weighted by Gasteiger charge is -2.05. The lowest BCUT2D eigenvalue weighted by atomic mass is 10.1. The predicted molar refractivity (Wildman–Crippen MR) is 69.4 cm³/mol. The summed E-state index contributed by atoms with van der Waals surface area (Å²) in [5, 5.41) is 4.04. The fraction of sp³-hybridized carbons (Fsp3) is 0.417. The van der Waals surface area contributed by atoms with Crippen LogP contribution >= 0.6 is 23.2 Å². The Labute approximate surface area is 110 Å². The SMILES string of the molecule is NCCNC(=O)C1CC1c1ccc(Cl)cc1Cl. The number of carbonyl (C=O) groups is 1. The summed E-state index contributed by atoms with van der Waals surface area (Å²) in [4.78, 5) is 11.7. The molecule has 0 aromatic heterocycles. The summed E-state index contributed by atoms with van der Waals surface area (Å²) in [5.41, 5.74) is 6.34. The molecule has 92 valence electrons. The van der Waals surface area contributed by atoms with Crippen molar-refractivity contribution in [2.24, 2.45) is 11.7 Å². The van der Waals surface area contributed by atoms with Gasteiger partial charge >= 0.3 is 0 Å². The molecule has 0 spiro atoms. The third kappa shape index (κ3) is 2.92. The van der Waals surface area contributed by atoms with Gasteiger partial charge in [0.2, 0.25) is 5.91 Å². The largest absolute Gasteiger partial charge is 0.355 e. The van der Waals surface area contributed by atoms with Crippen LogP contribution in [0.15, 0.2) is 18.2 Å². The van der Waals surface area contributed by atoms with Crippen molar-refractivity contribution in [3.63, 3.8) is 0 Å². The normalized spacial score (nSPS) is 22.3. The molecule has 17 heavy (non-hydrogen) atoms. The van der Waals surface area contributed by atoms with E-state index in [1.54, 1.807) is 12.1 Å². The van der Waals surface area contributed by atoms with Crippen molar-refractivity contribution in [2.75, 3.05) is 13.1 Å². The third-order valence-corrected chi connectivity index (χ3v) is 3.50. The Morgan fingerprint density at radius 2 is 2.24 bits per heavy atom. The Kier molecular flexibility index (Phi) is 3.92. The summed E-state index contributed by atoms with van der Waals surface area (Å²) in [6, 6.07) is 5.41. The number of nitrogens with two attached hydrogens (primary N) is 1. The van der Waals surface area contributed by atoms with Crippen LogP contribution in [-0.2, 0) is 4.79 Å². The van der Waals surface area contributed by atoms with Crippen molar-refractivity contribution in [3.05, 3.63) is 33.8 Å². The summed E-state index contributed by atoms with van der Waals surface area (Å²) in [7, 11) is 0. The van der Waals surface area contributed by atoms with E-state index >= 15 is 0 Å². The first-order valence-electron chi connectivity index (χ1n) is 5.56. The Bertz CT molecular complexity index is 437. The van der Waals surface area contributed by atoms with Crippen molar-refractivity contribution in [2.45, 2.75) is 12.3 Å². The number of amides is 1. The molecule has 3 nitrogen and oxygen atoms in total. The second-order valence-electron chi connectivity index (χ2n) is 4.19. The fourth-order valence-corrected chi connectivity index (χ4v) is 2.51. The highest BCUT2D eigenvalue weighted by molar-refractivity contribution is 6.35. The van der Waals surface area contributed by atoms with Crippen molar-refractivity contribution in [1.29, 1.82) is 0 Å². The molecule has 1 aliphatic carbocycles. The maximum absolute atomic E-state index is 11.7. The lowest BCUT2D eigenvalue weighted by Crippen LogP contribution is -2.30. The first kappa shape index (κ1) is 12.7. The first-order valence-corrected chi connectivity index (χ1v) is 6.32. The molecule has 1 saturated carbocycles. The highest BCUT2D eigenvalue weighted by Gasteiger charge is 2.44. The van der Waals surface area contributed by atoms with Gasteiger partial charge in [-0.05, 0) is 30.0 Å². The fourth-order valence-electron chi connectivity index (χ4n) is 1.96. The van der Waals surface area contributed by atoms with Gasteiger partial charge in [0.15, 0.2) is 0 Å². The van der Waals surface area contributed by atoms with Gasteiger partial charge in [0, 0.05) is 29.1 Å². The summed E-state index contributed by atoms with van der Waals surface area (Å²) >= 11 is 11.9. The number of nitrogens with one attached hydrogen (secondary N) is 1. The van der Waals surface area contributed by atoms with Crippen LogP contribution in [0.3, 0.4) is 0 Å². The minimum Gasteiger partial charge on any atom is -0.355 e. The minimum absolute atomic E-state index is 0.0280. The Morgan fingerprint density at radius 3 is 2.88 bits per heavy atom. The molecular formula is C12H14Cl2N2O. The third-order valence-electron chi connectivity index (χ3n) is 2.93. The number of hydrogen-bond donors (Lipinski definition) is 2. The van der Waals surface area contributed by atoms with Crippen LogP contribution in [0.25, 0.3) is 0 Å². The molecule has 2 rings (SSSR count). The van der Waals surface area contributed by atoms with E-state index in [9.17, 15) is 4.79 Å². The van der Waals surface area contributed by atoms with Crippen molar-refractivity contribution in [3.8, 4) is 0 Å². The zero-order valence-corrected chi connectivity index (χ0v) is 10.8. The highest BCUT2D eigenvalue weighted by atomic mass is 35.5. The lowest BCUT2D eigenvalue weighted by molar-refractivity contribution is -0.122. The van der Waals surface area contributed by atoms with Gasteiger partial charge in [-0.2, -0.15) is 0 Å². The van der Waals surface area contributed by atoms with Gasteiger partial charge in [-0.25, -0.2) is 0 Å². The Balaban J connectivity index is 2.00. The van der Waals surface area contributed by atoms with E-state index in [0.29, 0.717) is 23.1 Å². The Morgan fingerprint density at radius 1 is 1.47 bits per heavy atom. The average Bonchev–Trinajstić information content (AvgIpc) is 3.06. The van der Waals surface area contributed by atoms with E-state index in [1.165, 1.54) is 0 Å². The zero-order chi connectivity index (χ0) is 12.4. The van der Waals surface area contributed by atoms with E-state index in [4.69, 9.17) is 28.9 Å². The van der Waals surface area contributed by atoms with Gasteiger partial charge in [0.05, 0.1) is 0 Å². The topological polar surface area (TPSA) is 55.1 Å².